The predicted molar refractivity (Wildman–Crippen MR) is 75.9 cm³/mol. The summed E-state index contributed by atoms with van der Waals surface area (Å²) in [6.45, 7) is 7.01. The van der Waals surface area contributed by atoms with Crippen LogP contribution in [0.5, 0.6) is 0 Å². The van der Waals surface area contributed by atoms with Crippen LogP contribution in [0.4, 0.5) is 4.39 Å². The highest BCUT2D eigenvalue weighted by atomic mass is 79.9. The van der Waals surface area contributed by atoms with Crippen molar-refractivity contribution < 1.29 is 9.50 Å². The smallest absolute Gasteiger partial charge is 0.123 e. The summed E-state index contributed by atoms with van der Waals surface area (Å²) in [6, 6.07) is 4.61. The fourth-order valence-electron chi connectivity index (χ4n) is 2.10. The van der Waals surface area contributed by atoms with Crippen molar-refractivity contribution in [2.24, 2.45) is 5.92 Å². The monoisotopic (exact) mass is 317 g/mol. The van der Waals surface area contributed by atoms with Gasteiger partial charge in [0.15, 0.2) is 0 Å². The zero-order valence-corrected chi connectivity index (χ0v) is 12.7. The number of nitrogens with one attached hydrogen (secondary N) is 1. The Morgan fingerprint density at radius 3 is 2.72 bits per heavy atom. The minimum absolute atomic E-state index is 0.246. The third-order valence-corrected chi connectivity index (χ3v) is 3.45. The van der Waals surface area contributed by atoms with E-state index in [0.29, 0.717) is 19.0 Å². The second kappa shape index (κ2) is 6.64. The molecule has 0 aliphatic carbocycles. The molecule has 2 nitrogen and oxygen atoms in total. The van der Waals surface area contributed by atoms with Crippen LogP contribution < -0.4 is 5.32 Å². The van der Waals surface area contributed by atoms with Gasteiger partial charge in [0.1, 0.15) is 5.82 Å². The maximum Gasteiger partial charge on any atom is 0.123 e. The molecule has 18 heavy (non-hydrogen) atoms. The van der Waals surface area contributed by atoms with Crippen LogP contribution in [0.1, 0.15) is 32.8 Å². The van der Waals surface area contributed by atoms with E-state index >= 15 is 0 Å². The molecule has 1 aromatic carbocycles. The van der Waals surface area contributed by atoms with E-state index in [1.54, 1.807) is 6.07 Å². The molecule has 1 unspecified atom stereocenters. The number of hydrogen-bond acceptors (Lipinski definition) is 2. The number of benzene rings is 1. The topological polar surface area (TPSA) is 32.3 Å². The predicted octanol–water partition coefficient (Wildman–Crippen LogP) is 3.47. The Balaban J connectivity index is 2.48. The second-order valence-corrected chi connectivity index (χ2v) is 6.29. The van der Waals surface area contributed by atoms with E-state index in [0.717, 1.165) is 16.5 Å². The molecule has 1 aromatic rings. The van der Waals surface area contributed by atoms with E-state index in [-0.39, 0.29) is 5.82 Å². The summed E-state index contributed by atoms with van der Waals surface area (Å²) < 4.78 is 14.0. The summed E-state index contributed by atoms with van der Waals surface area (Å²) >= 11 is 3.38. The number of rotatable bonds is 6. The highest BCUT2D eigenvalue weighted by Gasteiger charge is 2.21. The molecule has 0 radical (unpaired) electrons. The molecular weight excluding hydrogens is 297 g/mol. The van der Waals surface area contributed by atoms with Crippen LogP contribution in [-0.2, 0) is 6.54 Å². The fraction of sp³-hybridized carbons (Fsp3) is 0.571. The van der Waals surface area contributed by atoms with E-state index in [9.17, 15) is 9.50 Å². The lowest BCUT2D eigenvalue weighted by Gasteiger charge is -2.25. The van der Waals surface area contributed by atoms with Gasteiger partial charge in [-0.25, -0.2) is 4.39 Å². The Morgan fingerprint density at radius 2 is 2.11 bits per heavy atom. The van der Waals surface area contributed by atoms with Crippen LogP contribution in [0.3, 0.4) is 0 Å². The highest BCUT2D eigenvalue weighted by Crippen LogP contribution is 2.19. The molecule has 4 heteroatoms. The van der Waals surface area contributed by atoms with Crippen molar-refractivity contribution in [3.05, 3.63) is 34.1 Å². The van der Waals surface area contributed by atoms with E-state index < -0.39 is 5.60 Å². The molecule has 0 aliphatic rings. The van der Waals surface area contributed by atoms with Gasteiger partial charge in [0, 0.05) is 17.6 Å². The van der Waals surface area contributed by atoms with Crippen molar-refractivity contribution >= 4 is 15.9 Å². The summed E-state index contributed by atoms with van der Waals surface area (Å²) in [5.74, 6) is 0.201. The third-order valence-electron chi connectivity index (χ3n) is 2.68. The quantitative estimate of drug-likeness (QED) is 0.842. The maximum absolute atomic E-state index is 13.1. The molecule has 2 N–H and O–H groups in total. The zero-order valence-electron chi connectivity index (χ0n) is 11.1. The van der Waals surface area contributed by atoms with Crippen LogP contribution in [0, 0.1) is 11.7 Å². The fourth-order valence-corrected chi connectivity index (χ4v) is 2.48. The summed E-state index contributed by atoms with van der Waals surface area (Å²) in [5, 5.41) is 13.3. The molecule has 0 heterocycles. The Bertz CT molecular complexity index is 393. The van der Waals surface area contributed by atoms with Gasteiger partial charge in [-0.2, -0.15) is 0 Å². The first kappa shape index (κ1) is 15.6. The molecule has 0 bridgehead atoms. The molecule has 0 amide bonds. The van der Waals surface area contributed by atoms with Crippen LogP contribution in [0.25, 0.3) is 0 Å². The van der Waals surface area contributed by atoms with Crippen LogP contribution >= 0.6 is 15.9 Å². The Morgan fingerprint density at radius 1 is 1.44 bits per heavy atom. The Labute approximate surface area is 117 Å². The minimum atomic E-state index is -0.728. The molecule has 0 fully saturated rings. The van der Waals surface area contributed by atoms with Crippen molar-refractivity contribution in [2.45, 2.75) is 39.3 Å². The standard InChI is InChI=1S/C14H21BrFNO/c1-10(2)7-14(3,18)9-17-8-11-6-12(16)4-5-13(11)15/h4-6,10,17-18H,7-9H2,1-3H3. The Hall–Kier alpha value is -0.450. The SMILES string of the molecule is CC(C)CC(C)(O)CNCc1cc(F)ccc1Br. The maximum atomic E-state index is 13.1. The van der Waals surface area contributed by atoms with Crippen molar-refractivity contribution in [3.63, 3.8) is 0 Å². The average molecular weight is 318 g/mol. The summed E-state index contributed by atoms with van der Waals surface area (Å²) in [4.78, 5) is 0. The molecule has 1 rings (SSSR count). The molecule has 0 aromatic heterocycles. The first-order valence-electron chi connectivity index (χ1n) is 6.17. The molecule has 0 saturated carbocycles. The number of hydrogen-bond donors (Lipinski definition) is 2. The molecule has 102 valence electrons. The second-order valence-electron chi connectivity index (χ2n) is 5.43. The van der Waals surface area contributed by atoms with Gasteiger partial charge in [-0.1, -0.05) is 29.8 Å². The lowest BCUT2D eigenvalue weighted by molar-refractivity contribution is 0.0383. The van der Waals surface area contributed by atoms with Crippen molar-refractivity contribution in [1.82, 2.24) is 5.32 Å². The largest absolute Gasteiger partial charge is 0.389 e. The van der Waals surface area contributed by atoms with Gasteiger partial charge in [0.2, 0.25) is 0 Å². The van der Waals surface area contributed by atoms with Gasteiger partial charge >= 0.3 is 0 Å². The summed E-state index contributed by atoms with van der Waals surface area (Å²) in [5.41, 5.74) is 0.129. The normalized spacial score (nSPS) is 14.8. The first-order valence-corrected chi connectivity index (χ1v) is 6.96. The van der Waals surface area contributed by atoms with Crippen LogP contribution in [0.2, 0.25) is 0 Å². The van der Waals surface area contributed by atoms with Gasteiger partial charge in [0.05, 0.1) is 5.60 Å². The van der Waals surface area contributed by atoms with E-state index in [4.69, 9.17) is 0 Å². The van der Waals surface area contributed by atoms with Crippen molar-refractivity contribution in [3.8, 4) is 0 Å². The summed E-state index contributed by atoms with van der Waals surface area (Å²) in [6.07, 6.45) is 0.740. The van der Waals surface area contributed by atoms with Gasteiger partial charge in [-0.05, 0) is 43.0 Å². The number of halogens is 2. The minimum Gasteiger partial charge on any atom is -0.389 e. The van der Waals surface area contributed by atoms with Gasteiger partial charge < -0.3 is 10.4 Å². The van der Waals surface area contributed by atoms with Gasteiger partial charge in [-0.15, -0.1) is 0 Å². The molecular formula is C14H21BrFNO. The molecule has 1 atom stereocenters. The average Bonchev–Trinajstić information content (AvgIpc) is 2.21. The molecule has 0 saturated heterocycles. The molecule has 0 spiro atoms. The van der Waals surface area contributed by atoms with Crippen LogP contribution in [-0.4, -0.2) is 17.3 Å². The zero-order chi connectivity index (χ0) is 13.8. The lowest BCUT2D eigenvalue weighted by Crippen LogP contribution is -2.38. The van der Waals surface area contributed by atoms with Crippen molar-refractivity contribution in [2.75, 3.05) is 6.54 Å². The summed E-state index contributed by atoms with van der Waals surface area (Å²) in [7, 11) is 0. The van der Waals surface area contributed by atoms with Crippen molar-refractivity contribution in [1.29, 1.82) is 0 Å². The van der Waals surface area contributed by atoms with E-state index in [2.05, 4.69) is 35.1 Å². The van der Waals surface area contributed by atoms with E-state index in [1.807, 2.05) is 6.92 Å². The Kier molecular flexibility index (Phi) is 5.76. The van der Waals surface area contributed by atoms with E-state index in [1.165, 1.54) is 12.1 Å². The van der Waals surface area contributed by atoms with Crippen LogP contribution in [0.15, 0.2) is 22.7 Å². The first-order chi connectivity index (χ1) is 8.30. The van der Waals surface area contributed by atoms with Gasteiger partial charge in [0.25, 0.3) is 0 Å². The van der Waals surface area contributed by atoms with Gasteiger partial charge in [-0.3, -0.25) is 0 Å². The molecule has 0 aliphatic heterocycles. The lowest BCUT2D eigenvalue weighted by atomic mass is 9.94. The number of aliphatic hydroxyl groups is 1. The third kappa shape index (κ3) is 5.46. The highest BCUT2D eigenvalue weighted by molar-refractivity contribution is 9.10.